The van der Waals surface area contributed by atoms with E-state index in [0.29, 0.717) is 23.7 Å². The van der Waals surface area contributed by atoms with Gasteiger partial charge < -0.3 is 9.30 Å². The van der Waals surface area contributed by atoms with Crippen LogP contribution in [0, 0.1) is 18.3 Å². The standard InChI is InChI=1S/C22H21N3O2/c1-3-4-12-25-13-10-19(20(15-23)22(25)26)17-5-7-18(8-6-17)27-21-14-16(2)9-11-24-21/h5-11,13-14H,3-4,12H2,1-2H3. The first-order valence-corrected chi connectivity index (χ1v) is 8.97. The van der Waals surface area contributed by atoms with Gasteiger partial charge in [-0.05, 0) is 48.7 Å². The van der Waals surface area contributed by atoms with Crippen molar-refractivity contribution in [2.45, 2.75) is 33.2 Å². The molecule has 0 unspecified atom stereocenters. The lowest BCUT2D eigenvalue weighted by Gasteiger charge is -2.10. The summed E-state index contributed by atoms with van der Waals surface area (Å²) in [5.41, 5.74) is 2.43. The summed E-state index contributed by atoms with van der Waals surface area (Å²) in [6, 6.07) is 15.0. The summed E-state index contributed by atoms with van der Waals surface area (Å²) in [7, 11) is 0. The summed E-state index contributed by atoms with van der Waals surface area (Å²) in [5.74, 6) is 1.17. The number of pyridine rings is 2. The van der Waals surface area contributed by atoms with Gasteiger partial charge in [-0.3, -0.25) is 4.79 Å². The van der Waals surface area contributed by atoms with Crippen LogP contribution in [0.4, 0.5) is 0 Å². The Morgan fingerprint density at radius 1 is 1.19 bits per heavy atom. The van der Waals surface area contributed by atoms with E-state index in [4.69, 9.17) is 4.74 Å². The summed E-state index contributed by atoms with van der Waals surface area (Å²) in [4.78, 5) is 16.7. The smallest absolute Gasteiger partial charge is 0.269 e. The average Bonchev–Trinajstić information content (AvgIpc) is 2.67. The van der Waals surface area contributed by atoms with Gasteiger partial charge in [0.15, 0.2) is 0 Å². The van der Waals surface area contributed by atoms with Crippen LogP contribution < -0.4 is 10.3 Å². The van der Waals surface area contributed by atoms with E-state index in [1.54, 1.807) is 17.0 Å². The largest absolute Gasteiger partial charge is 0.439 e. The second kappa shape index (κ2) is 8.33. The van der Waals surface area contributed by atoms with Gasteiger partial charge in [-0.2, -0.15) is 5.26 Å². The van der Waals surface area contributed by atoms with Crippen LogP contribution in [0.1, 0.15) is 30.9 Å². The maximum Gasteiger partial charge on any atom is 0.269 e. The van der Waals surface area contributed by atoms with Crippen molar-refractivity contribution in [3.63, 3.8) is 0 Å². The van der Waals surface area contributed by atoms with Crippen molar-refractivity contribution >= 4 is 0 Å². The van der Waals surface area contributed by atoms with Crippen molar-refractivity contribution in [3.8, 4) is 28.8 Å². The molecule has 0 N–H and O–H groups in total. The molecule has 0 aliphatic rings. The van der Waals surface area contributed by atoms with E-state index in [0.717, 1.165) is 24.0 Å². The molecule has 0 atom stereocenters. The van der Waals surface area contributed by atoms with Gasteiger partial charge in [0.2, 0.25) is 5.88 Å². The Morgan fingerprint density at radius 3 is 2.63 bits per heavy atom. The first kappa shape index (κ1) is 18.4. The van der Waals surface area contributed by atoms with Gasteiger partial charge in [-0.25, -0.2) is 4.98 Å². The van der Waals surface area contributed by atoms with E-state index >= 15 is 0 Å². The van der Waals surface area contributed by atoms with Gasteiger partial charge in [0.1, 0.15) is 17.4 Å². The Bertz CT molecular complexity index is 1030. The molecule has 5 heteroatoms. The van der Waals surface area contributed by atoms with Crippen molar-refractivity contribution in [1.29, 1.82) is 5.26 Å². The molecule has 27 heavy (non-hydrogen) atoms. The highest BCUT2D eigenvalue weighted by molar-refractivity contribution is 5.70. The monoisotopic (exact) mass is 359 g/mol. The zero-order valence-corrected chi connectivity index (χ0v) is 15.5. The minimum Gasteiger partial charge on any atom is -0.439 e. The Labute approximate surface area is 158 Å². The zero-order chi connectivity index (χ0) is 19.2. The quantitative estimate of drug-likeness (QED) is 0.641. The lowest BCUT2D eigenvalue weighted by Crippen LogP contribution is -2.22. The van der Waals surface area contributed by atoms with Crippen molar-refractivity contribution in [3.05, 3.63) is 76.3 Å². The maximum absolute atomic E-state index is 12.5. The fourth-order valence-electron chi connectivity index (χ4n) is 2.82. The number of hydrogen-bond donors (Lipinski definition) is 0. The highest BCUT2D eigenvalue weighted by atomic mass is 16.5. The molecule has 0 amide bonds. The van der Waals surface area contributed by atoms with Crippen LogP contribution in [-0.2, 0) is 6.54 Å². The first-order chi connectivity index (χ1) is 13.1. The number of unbranched alkanes of at least 4 members (excludes halogenated alkanes) is 1. The highest BCUT2D eigenvalue weighted by Gasteiger charge is 2.12. The predicted molar refractivity (Wildman–Crippen MR) is 105 cm³/mol. The van der Waals surface area contributed by atoms with E-state index < -0.39 is 0 Å². The third-order valence-corrected chi connectivity index (χ3v) is 4.31. The number of hydrogen-bond acceptors (Lipinski definition) is 4. The number of aryl methyl sites for hydroxylation is 2. The van der Waals surface area contributed by atoms with E-state index in [1.807, 2.05) is 49.4 Å². The molecule has 0 aliphatic carbocycles. The highest BCUT2D eigenvalue weighted by Crippen LogP contribution is 2.26. The second-order valence-corrected chi connectivity index (χ2v) is 6.37. The van der Waals surface area contributed by atoms with Gasteiger partial charge >= 0.3 is 0 Å². The average molecular weight is 359 g/mol. The van der Waals surface area contributed by atoms with Gasteiger partial charge in [0, 0.05) is 30.6 Å². The third-order valence-electron chi connectivity index (χ3n) is 4.31. The van der Waals surface area contributed by atoms with Crippen LogP contribution in [-0.4, -0.2) is 9.55 Å². The van der Waals surface area contributed by atoms with Crippen LogP contribution in [0.2, 0.25) is 0 Å². The number of nitriles is 1. The van der Waals surface area contributed by atoms with E-state index in [1.165, 1.54) is 0 Å². The Hall–Kier alpha value is -3.39. The second-order valence-electron chi connectivity index (χ2n) is 6.37. The summed E-state index contributed by atoms with van der Waals surface area (Å²) in [5, 5.41) is 9.49. The summed E-state index contributed by atoms with van der Waals surface area (Å²) >= 11 is 0. The maximum atomic E-state index is 12.5. The van der Waals surface area contributed by atoms with Crippen LogP contribution in [0.5, 0.6) is 11.6 Å². The van der Waals surface area contributed by atoms with Crippen molar-refractivity contribution in [1.82, 2.24) is 9.55 Å². The van der Waals surface area contributed by atoms with E-state index in [2.05, 4.69) is 18.0 Å². The van der Waals surface area contributed by atoms with Crippen LogP contribution in [0.25, 0.3) is 11.1 Å². The van der Waals surface area contributed by atoms with Gasteiger partial charge in [-0.1, -0.05) is 25.5 Å². The van der Waals surface area contributed by atoms with Crippen molar-refractivity contribution in [2.75, 3.05) is 0 Å². The normalized spacial score (nSPS) is 10.4. The molecular formula is C22H21N3O2. The number of aromatic nitrogens is 2. The molecule has 0 spiro atoms. The predicted octanol–water partition coefficient (Wildman–Crippen LogP) is 4.68. The van der Waals surface area contributed by atoms with Crippen LogP contribution in [0.3, 0.4) is 0 Å². The molecule has 0 aliphatic heterocycles. The Morgan fingerprint density at radius 2 is 1.96 bits per heavy atom. The fourth-order valence-corrected chi connectivity index (χ4v) is 2.82. The Kier molecular flexibility index (Phi) is 5.68. The summed E-state index contributed by atoms with van der Waals surface area (Å²) < 4.78 is 7.36. The molecular weight excluding hydrogens is 338 g/mol. The molecule has 2 heterocycles. The van der Waals surface area contributed by atoms with E-state index in [-0.39, 0.29) is 11.1 Å². The van der Waals surface area contributed by atoms with Crippen LogP contribution in [0.15, 0.2) is 59.7 Å². The molecule has 0 saturated heterocycles. The number of benzene rings is 1. The van der Waals surface area contributed by atoms with Crippen LogP contribution >= 0.6 is 0 Å². The number of rotatable bonds is 6. The topological polar surface area (TPSA) is 67.9 Å². The molecule has 0 bridgehead atoms. The van der Waals surface area contributed by atoms with Crippen molar-refractivity contribution < 1.29 is 4.74 Å². The molecule has 1 aromatic carbocycles. The minimum absolute atomic E-state index is 0.169. The minimum atomic E-state index is -0.243. The summed E-state index contributed by atoms with van der Waals surface area (Å²) in [6.07, 6.45) is 5.36. The molecule has 5 nitrogen and oxygen atoms in total. The SMILES string of the molecule is CCCCn1ccc(-c2ccc(Oc3cc(C)ccn3)cc2)c(C#N)c1=O. The third kappa shape index (κ3) is 4.24. The van der Waals surface area contributed by atoms with Gasteiger partial charge in [0.05, 0.1) is 0 Å². The molecule has 0 saturated carbocycles. The Balaban J connectivity index is 1.88. The molecule has 136 valence electrons. The number of ether oxygens (including phenoxy) is 1. The van der Waals surface area contributed by atoms with Gasteiger partial charge in [0.25, 0.3) is 5.56 Å². The molecule has 3 aromatic rings. The molecule has 3 rings (SSSR count). The lowest BCUT2D eigenvalue weighted by atomic mass is 10.0. The number of nitrogens with zero attached hydrogens (tertiary/aromatic N) is 3. The molecule has 0 radical (unpaired) electrons. The molecule has 0 fully saturated rings. The first-order valence-electron chi connectivity index (χ1n) is 8.97. The lowest BCUT2D eigenvalue weighted by molar-refractivity contribution is 0.462. The van der Waals surface area contributed by atoms with Gasteiger partial charge in [-0.15, -0.1) is 0 Å². The summed E-state index contributed by atoms with van der Waals surface area (Å²) in [6.45, 7) is 4.67. The fraction of sp³-hybridized carbons (Fsp3) is 0.227. The molecule has 2 aromatic heterocycles. The zero-order valence-electron chi connectivity index (χ0n) is 15.5. The van der Waals surface area contributed by atoms with E-state index in [9.17, 15) is 10.1 Å². The van der Waals surface area contributed by atoms with Crippen molar-refractivity contribution in [2.24, 2.45) is 0 Å².